The highest BCUT2D eigenvalue weighted by molar-refractivity contribution is 5.94. The Hall–Kier alpha value is -3.48. The maximum absolute atomic E-state index is 12.2. The average Bonchev–Trinajstić information content (AvgIpc) is 3.53. The standard InChI is InChI=1S/C23H22F6N2O5/c24-22(25,26)35-16-7-3-14(4-8-16)20(32)30-12-1-2-18-19(34-18)11-13-31-21(33)15-5-9-17(10-6-15)36-23(27,28)29/h3-10,18-19H,1-2,11-13H2,(H,30,32)(H,31,33)/t18?,19-/m0/s1. The number of epoxide rings is 1. The summed E-state index contributed by atoms with van der Waals surface area (Å²) >= 11 is 0. The molecule has 1 fully saturated rings. The quantitative estimate of drug-likeness (QED) is 0.257. The molecule has 2 amide bonds. The van der Waals surface area contributed by atoms with E-state index >= 15 is 0 Å². The highest BCUT2D eigenvalue weighted by Crippen LogP contribution is 2.29. The molecule has 3 rings (SSSR count). The van der Waals surface area contributed by atoms with Gasteiger partial charge in [0.25, 0.3) is 11.8 Å². The van der Waals surface area contributed by atoms with Gasteiger partial charge in [0, 0.05) is 24.2 Å². The van der Waals surface area contributed by atoms with Gasteiger partial charge in [0.05, 0.1) is 12.2 Å². The van der Waals surface area contributed by atoms with E-state index in [1.807, 2.05) is 0 Å². The SMILES string of the molecule is O=C(NCCCC1O[C@H]1CCNC(=O)c1ccc(OC(F)(F)F)cc1)c1ccc(OC(F)(F)F)cc1. The molecule has 0 bridgehead atoms. The number of rotatable bonds is 11. The number of benzene rings is 2. The zero-order valence-electron chi connectivity index (χ0n) is 18.6. The Morgan fingerprint density at radius 2 is 1.11 bits per heavy atom. The minimum Gasteiger partial charge on any atom is -0.406 e. The molecule has 2 N–H and O–H groups in total. The fourth-order valence-electron chi connectivity index (χ4n) is 3.34. The molecule has 7 nitrogen and oxygen atoms in total. The Morgan fingerprint density at radius 3 is 1.56 bits per heavy atom. The van der Waals surface area contributed by atoms with Crippen LogP contribution in [-0.2, 0) is 4.74 Å². The lowest BCUT2D eigenvalue weighted by atomic mass is 10.1. The Kier molecular flexibility index (Phi) is 8.66. The van der Waals surface area contributed by atoms with Crippen LogP contribution in [0, 0.1) is 0 Å². The predicted molar refractivity (Wildman–Crippen MR) is 113 cm³/mol. The van der Waals surface area contributed by atoms with Crippen LogP contribution in [0.2, 0.25) is 0 Å². The summed E-state index contributed by atoms with van der Waals surface area (Å²) in [4.78, 5) is 24.1. The van der Waals surface area contributed by atoms with E-state index in [2.05, 4.69) is 20.1 Å². The van der Waals surface area contributed by atoms with Gasteiger partial charge in [-0.1, -0.05) is 0 Å². The molecule has 0 radical (unpaired) electrons. The van der Waals surface area contributed by atoms with Gasteiger partial charge in [-0.05, 0) is 67.8 Å². The maximum atomic E-state index is 12.2. The van der Waals surface area contributed by atoms with E-state index in [4.69, 9.17) is 4.74 Å². The van der Waals surface area contributed by atoms with E-state index in [1.165, 1.54) is 24.3 Å². The molecule has 2 atom stereocenters. The number of carbonyl (C=O) groups is 2. The van der Waals surface area contributed by atoms with Crippen molar-refractivity contribution in [1.82, 2.24) is 10.6 Å². The van der Waals surface area contributed by atoms with Gasteiger partial charge in [0.15, 0.2) is 0 Å². The fraction of sp³-hybridized carbons (Fsp3) is 0.391. The van der Waals surface area contributed by atoms with Gasteiger partial charge in [-0.3, -0.25) is 9.59 Å². The van der Waals surface area contributed by atoms with E-state index < -0.39 is 36.0 Å². The van der Waals surface area contributed by atoms with Gasteiger partial charge < -0.3 is 24.8 Å². The van der Waals surface area contributed by atoms with Crippen LogP contribution in [0.5, 0.6) is 11.5 Å². The van der Waals surface area contributed by atoms with Crippen LogP contribution in [0.15, 0.2) is 48.5 Å². The van der Waals surface area contributed by atoms with E-state index in [1.54, 1.807) is 0 Å². The molecule has 0 aromatic heterocycles. The van der Waals surface area contributed by atoms with Crippen molar-refractivity contribution in [3.8, 4) is 11.5 Å². The summed E-state index contributed by atoms with van der Waals surface area (Å²) in [5.74, 6) is -1.70. The van der Waals surface area contributed by atoms with Crippen LogP contribution in [0.4, 0.5) is 26.3 Å². The normalized spacial score (nSPS) is 17.3. The highest BCUT2D eigenvalue weighted by atomic mass is 19.4. The molecule has 196 valence electrons. The first kappa shape index (κ1) is 27.1. The van der Waals surface area contributed by atoms with Crippen LogP contribution in [0.3, 0.4) is 0 Å². The molecular formula is C23H22F6N2O5. The third kappa shape index (κ3) is 9.29. The van der Waals surface area contributed by atoms with Crippen LogP contribution >= 0.6 is 0 Å². The predicted octanol–water partition coefficient (Wildman–Crippen LogP) is 4.58. The monoisotopic (exact) mass is 520 g/mol. The molecule has 13 heteroatoms. The number of carbonyl (C=O) groups excluding carboxylic acids is 2. The van der Waals surface area contributed by atoms with Gasteiger partial charge >= 0.3 is 12.7 Å². The van der Waals surface area contributed by atoms with Crippen LogP contribution in [-0.4, -0.2) is 49.8 Å². The van der Waals surface area contributed by atoms with Crippen molar-refractivity contribution >= 4 is 11.8 Å². The first-order valence-electron chi connectivity index (χ1n) is 10.8. The molecule has 36 heavy (non-hydrogen) atoms. The lowest BCUT2D eigenvalue weighted by molar-refractivity contribution is -0.275. The number of amides is 2. The molecule has 2 aromatic carbocycles. The second-order valence-corrected chi connectivity index (χ2v) is 7.80. The molecule has 0 aliphatic carbocycles. The molecule has 2 aromatic rings. The number of ether oxygens (including phenoxy) is 3. The fourth-order valence-corrected chi connectivity index (χ4v) is 3.34. The lowest BCUT2D eigenvalue weighted by Crippen LogP contribution is -2.26. The Morgan fingerprint density at radius 1 is 0.694 bits per heavy atom. The van der Waals surface area contributed by atoms with Gasteiger partial charge in [-0.25, -0.2) is 0 Å². The number of nitrogens with one attached hydrogen (secondary N) is 2. The summed E-state index contributed by atoms with van der Waals surface area (Å²) in [5.41, 5.74) is 0.388. The summed E-state index contributed by atoms with van der Waals surface area (Å²) in [6, 6.07) is 9.14. The Balaban J connectivity index is 1.27. The average molecular weight is 520 g/mol. The van der Waals surface area contributed by atoms with Gasteiger partial charge in [0.1, 0.15) is 11.5 Å². The molecule has 1 heterocycles. The summed E-state index contributed by atoms with van der Waals surface area (Å²) in [6.07, 6.45) is -7.85. The van der Waals surface area contributed by atoms with Crippen LogP contribution in [0.1, 0.15) is 40.0 Å². The van der Waals surface area contributed by atoms with Gasteiger partial charge in [0.2, 0.25) is 0 Å². The number of hydrogen-bond acceptors (Lipinski definition) is 5. The Bertz CT molecular complexity index is 1030. The lowest BCUT2D eigenvalue weighted by Gasteiger charge is -2.09. The molecule has 0 spiro atoms. The molecule has 1 aliphatic rings. The Labute approximate surface area is 201 Å². The van der Waals surface area contributed by atoms with Crippen LogP contribution < -0.4 is 20.1 Å². The zero-order chi connectivity index (χ0) is 26.3. The van der Waals surface area contributed by atoms with E-state index in [-0.39, 0.29) is 23.3 Å². The number of hydrogen-bond donors (Lipinski definition) is 2. The third-order valence-corrected chi connectivity index (χ3v) is 5.05. The van der Waals surface area contributed by atoms with Crippen molar-refractivity contribution in [3.05, 3.63) is 59.7 Å². The topological polar surface area (TPSA) is 89.2 Å². The van der Waals surface area contributed by atoms with Gasteiger partial charge in [-0.15, -0.1) is 26.3 Å². The van der Waals surface area contributed by atoms with Crippen molar-refractivity contribution in [2.75, 3.05) is 13.1 Å². The summed E-state index contributed by atoms with van der Waals surface area (Å²) < 4.78 is 86.1. The van der Waals surface area contributed by atoms with Crippen molar-refractivity contribution in [2.24, 2.45) is 0 Å². The number of alkyl halides is 6. The first-order chi connectivity index (χ1) is 16.9. The third-order valence-electron chi connectivity index (χ3n) is 5.05. The minimum absolute atomic E-state index is 0.0172. The molecular weight excluding hydrogens is 498 g/mol. The largest absolute Gasteiger partial charge is 0.573 e. The van der Waals surface area contributed by atoms with Crippen molar-refractivity contribution in [2.45, 2.75) is 44.2 Å². The molecule has 0 saturated carbocycles. The van der Waals surface area contributed by atoms with E-state index in [0.717, 1.165) is 24.3 Å². The molecule has 1 unspecified atom stereocenters. The number of halogens is 6. The van der Waals surface area contributed by atoms with Gasteiger partial charge in [-0.2, -0.15) is 0 Å². The molecule has 1 aliphatic heterocycles. The second-order valence-electron chi connectivity index (χ2n) is 7.80. The van der Waals surface area contributed by atoms with Crippen molar-refractivity contribution in [3.63, 3.8) is 0 Å². The summed E-state index contributed by atoms with van der Waals surface area (Å²) in [6.45, 7) is 0.655. The van der Waals surface area contributed by atoms with Crippen molar-refractivity contribution < 1.29 is 50.1 Å². The maximum Gasteiger partial charge on any atom is 0.573 e. The highest BCUT2D eigenvalue weighted by Gasteiger charge is 2.37. The molecule has 1 saturated heterocycles. The van der Waals surface area contributed by atoms with Crippen LogP contribution in [0.25, 0.3) is 0 Å². The van der Waals surface area contributed by atoms with E-state index in [0.29, 0.717) is 32.4 Å². The first-order valence-corrected chi connectivity index (χ1v) is 10.8. The minimum atomic E-state index is -4.80. The zero-order valence-corrected chi connectivity index (χ0v) is 18.6. The summed E-state index contributed by atoms with van der Waals surface area (Å²) in [5, 5.41) is 5.34. The second kappa shape index (κ2) is 11.5. The smallest absolute Gasteiger partial charge is 0.406 e. The van der Waals surface area contributed by atoms with E-state index in [9.17, 15) is 35.9 Å². The van der Waals surface area contributed by atoms with Crippen molar-refractivity contribution in [1.29, 1.82) is 0 Å². The summed E-state index contributed by atoms with van der Waals surface area (Å²) in [7, 11) is 0.